The molecule has 7 nitrogen and oxygen atoms in total. The smallest absolute Gasteiger partial charge is 0.407 e. The van der Waals surface area contributed by atoms with Gasteiger partial charge in [-0.1, -0.05) is 6.92 Å². The summed E-state index contributed by atoms with van der Waals surface area (Å²) in [5.74, 6) is 0.797. The molecule has 0 aromatic heterocycles. The number of ether oxygens (including phenoxy) is 1. The van der Waals surface area contributed by atoms with Gasteiger partial charge in [0.15, 0.2) is 5.96 Å². The Morgan fingerprint density at radius 3 is 2.27 bits per heavy atom. The van der Waals surface area contributed by atoms with Gasteiger partial charge in [-0.05, 0) is 60.0 Å². The predicted octanol–water partition coefficient (Wildman–Crippen LogP) is 2.56. The lowest BCUT2D eigenvalue weighted by Gasteiger charge is -2.25. The van der Waals surface area contributed by atoms with Gasteiger partial charge in [0.2, 0.25) is 0 Å². The van der Waals surface area contributed by atoms with Crippen molar-refractivity contribution in [2.45, 2.75) is 65.5 Å². The highest BCUT2D eigenvalue weighted by molar-refractivity contribution is 14.0. The van der Waals surface area contributed by atoms with Crippen molar-refractivity contribution in [3.05, 3.63) is 0 Å². The first-order valence-electron chi connectivity index (χ1n) is 9.58. The number of hydrogen-bond acceptors (Lipinski definition) is 4. The van der Waals surface area contributed by atoms with Crippen LogP contribution >= 0.6 is 24.0 Å². The van der Waals surface area contributed by atoms with E-state index in [0.29, 0.717) is 19.1 Å². The molecule has 1 atom stereocenters. The van der Waals surface area contributed by atoms with Crippen molar-refractivity contribution in [1.82, 2.24) is 20.9 Å². The van der Waals surface area contributed by atoms with Gasteiger partial charge in [-0.25, -0.2) is 4.79 Å². The maximum Gasteiger partial charge on any atom is 0.407 e. The first kappa shape index (κ1) is 25.2. The van der Waals surface area contributed by atoms with Crippen LogP contribution in [0.2, 0.25) is 0 Å². The summed E-state index contributed by atoms with van der Waals surface area (Å²) in [6.07, 6.45) is 3.32. The maximum atomic E-state index is 11.6. The Hall–Kier alpha value is -0.770. The van der Waals surface area contributed by atoms with Gasteiger partial charge >= 0.3 is 6.09 Å². The van der Waals surface area contributed by atoms with Crippen molar-refractivity contribution >= 4 is 36.0 Å². The van der Waals surface area contributed by atoms with Crippen LogP contribution in [0.1, 0.15) is 53.9 Å². The Kier molecular flexibility index (Phi) is 13.0. The molecule has 154 valence electrons. The summed E-state index contributed by atoms with van der Waals surface area (Å²) in [7, 11) is 0. The molecule has 1 fully saturated rings. The molecule has 0 saturated carbocycles. The van der Waals surface area contributed by atoms with E-state index in [9.17, 15) is 4.79 Å². The van der Waals surface area contributed by atoms with Crippen LogP contribution in [0, 0.1) is 0 Å². The van der Waals surface area contributed by atoms with Crippen LogP contribution in [0.3, 0.4) is 0 Å². The van der Waals surface area contributed by atoms with Gasteiger partial charge in [-0.3, -0.25) is 9.89 Å². The van der Waals surface area contributed by atoms with Gasteiger partial charge in [0.25, 0.3) is 0 Å². The van der Waals surface area contributed by atoms with Gasteiger partial charge in [0, 0.05) is 25.7 Å². The lowest BCUT2D eigenvalue weighted by atomic mass is 10.2. The van der Waals surface area contributed by atoms with Crippen LogP contribution in [-0.4, -0.2) is 67.9 Å². The monoisotopic (exact) mass is 483 g/mol. The average molecular weight is 483 g/mol. The van der Waals surface area contributed by atoms with Crippen molar-refractivity contribution in [3.8, 4) is 0 Å². The number of nitrogens with zero attached hydrogens (tertiary/aromatic N) is 2. The van der Waals surface area contributed by atoms with E-state index in [0.717, 1.165) is 25.5 Å². The Balaban J connectivity index is 0.00000625. The number of guanidine groups is 1. The fourth-order valence-electron chi connectivity index (χ4n) is 2.81. The first-order chi connectivity index (χ1) is 11.9. The number of alkyl carbamates (subject to hydrolysis) is 1. The van der Waals surface area contributed by atoms with Gasteiger partial charge < -0.3 is 20.7 Å². The van der Waals surface area contributed by atoms with E-state index >= 15 is 0 Å². The number of nitrogens with one attached hydrogen (secondary N) is 3. The number of rotatable bonds is 8. The third-order valence-electron chi connectivity index (χ3n) is 4.02. The molecule has 1 heterocycles. The Morgan fingerprint density at radius 2 is 1.73 bits per heavy atom. The van der Waals surface area contributed by atoms with Crippen LogP contribution in [0.5, 0.6) is 0 Å². The van der Waals surface area contributed by atoms with E-state index in [1.807, 2.05) is 27.7 Å². The number of carbonyl (C=O) groups is 1. The lowest BCUT2D eigenvalue weighted by molar-refractivity contribution is 0.0529. The zero-order chi connectivity index (χ0) is 18.7. The highest BCUT2D eigenvalue weighted by Crippen LogP contribution is 2.14. The number of amides is 1. The van der Waals surface area contributed by atoms with E-state index in [2.05, 4.69) is 27.8 Å². The van der Waals surface area contributed by atoms with Crippen molar-refractivity contribution in [1.29, 1.82) is 0 Å². The Bertz CT molecular complexity index is 420. The number of halogens is 1. The van der Waals surface area contributed by atoms with Crippen LogP contribution in [-0.2, 0) is 4.74 Å². The molecule has 0 spiro atoms. The minimum Gasteiger partial charge on any atom is -0.444 e. The zero-order valence-corrected chi connectivity index (χ0v) is 19.4. The molecule has 0 bridgehead atoms. The summed E-state index contributed by atoms with van der Waals surface area (Å²) in [4.78, 5) is 18.9. The molecular formula is C18H38IN5O2. The third-order valence-corrected chi connectivity index (χ3v) is 4.02. The van der Waals surface area contributed by atoms with Crippen LogP contribution in [0.15, 0.2) is 4.99 Å². The summed E-state index contributed by atoms with van der Waals surface area (Å²) in [5, 5.41) is 9.26. The van der Waals surface area contributed by atoms with E-state index in [4.69, 9.17) is 9.73 Å². The maximum absolute atomic E-state index is 11.6. The van der Waals surface area contributed by atoms with E-state index in [1.165, 1.54) is 25.9 Å². The highest BCUT2D eigenvalue weighted by atomic mass is 127. The summed E-state index contributed by atoms with van der Waals surface area (Å²) in [6.45, 7) is 14.9. The molecule has 0 aliphatic carbocycles. The number of carbonyl (C=O) groups excluding carboxylic acids is 1. The van der Waals surface area contributed by atoms with Gasteiger partial charge in [-0.2, -0.15) is 0 Å². The zero-order valence-electron chi connectivity index (χ0n) is 17.1. The predicted molar refractivity (Wildman–Crippen MR) is 119 cm³/mol. The molecule has 0 radical (unpaired) electrons. The van der Waals surface area contributed by atoms with Crippen molar-refractivity contribution in [2.75, 3.05) is 39.3 Å². The fraction of sp³-hybridized carbons (Fsp3) is 0.889. The summed E-state index contributed by atoms with van der Waals surface area (Å²) < 4.78 is 5.21. The van der Waals surface area contributed by atoms with Crippen LogP contribution in [0.25, 0.3) is 0 Å². The first-order valence-corrected chi connectivity index (χ1v) is 9.58. The minimum atomic E-state index is -0.474. The van der Waals surface area contributed by atoms with Crippen molar-refractivity contribution in [3.63, 3.8) is 0 Å². The normalized spacial score (nSPS) is 16.6. The molecule has 1 rings (SSSR count). The summed E-state index contributed by atoms with van der Waals surface area (Å²) in [5.41, 5.74) is -0.474. The largest absolute Gasteiger partial charge is 0.444 e. The quantitative estimate of drug-likeness (QED) is 0.214. The molecule has 1 aliphatic heterocycles. The number of likely N-dealkylation sites (tertiary alicyclic amines) is 1. The van der Waals surface area contributed by atoms with Gasteiger partial charge in [0.1, 0.15) is 5.60 Å². The lowest BCUT2D eigenvalue weighted by Crippen LogP contribution is -2.43. The molecule has 1 unspecified atom stereocenters. The van der Waals surface area contributed by atoms with E-state index in [-0.39, 0.29) is 24.0 Å². The van der Waals surface area contributed by atoms with E-state index < -0.39 is 11.7 Å². The molecule has 26 heavy (non-hydrogen) atoms. The second-order valence-electron chi connectivity index (χ2n) is 7.38. The van der Waals surface area contributed by atoms with Crippen molar-refractivity contribution < 1.29 is 9.53 Å². The topological polar surface area (TPSA) is 78.0 Å². The molecule has 8 heteroatoms. The number of aliphatic imine (C=N–C) groups is 1. The second kappa shape index (κ2) is 13.4. The molecule has 1 amide bonds. The highest BCUT2D eigenvalue weighted by Gasteiger charge is 2.20. The van der Waals surface area contributed by atoms with Crippen LogP contribution in [0.4, 0.5) is 4.79 Å². The molecular weight excluding hydrogens is 445 g/mol. The molecule has 3 N–H and O–H groups in total. The SMILES string of the molecule is CCNC(=NCC(CC)N1CCCC1)NCCNC(=O)OC(C)(C)C.I. The molecule has 1 aliphatic rings. The molecule has 0 aromatic rings. The Labute approximate surface area is 176 Å². The van der Waals surface area contributed by atoms with Gasteiger partial charge in [0.05, 0.1) is 6.54 Å². The third kappa shape index (κ3) is 11.1. The summed E-state index contributed by atoms with van der Waals surface area (Å²) >= 11 is 0. The molecule has 0 aromatic carbocycles. The Morgan fingerprint density at radius 1 is 1.12 bits per heavy atom. The average Bonchev–Trinajstić information content (AvgIpc) is 3.04. The molecule has 1 saturated heterocycles. The summed E-state index contributed by atoms with van der Waals surface area (Å²) in [6, 6.07) is 0.512. The van der Waals surface area contributed by atoms with E-state index in [1.54, 1.807) is 0 Å². The van der Waals surface area contributed by atoms with Gasteiger partial charge in [-0.15, -0.1) is 24.0 Å². The second-order valence-corrected chi connectivity index (χ2v) is 7.38. The van der Waals surface area contributed by atoms with Crippen molar-refractivity contribution in [2.24, 2.45) is 4.99 Å². The minimum absolute atomic E-state index is 0. The fourth-order valence-corrected chi connectivity index (χ4v) is 2.81. The van der Waals surface area contributed by atoms with Crippen LogP contribution < -0.4 is 16.0 Å². The standard InChI is InChI=1S/C18H37N5O2.HI/c1-6-15(23-12-8-9-13-23)14-22-16(19-7-2)20-10-11-21-17(24)25-18(3,4)5;/h15H,6-14H2,1-5H3,(H,21,24)(H2,19,20,22);1H. The number of hydrogen-bond donors (Lipinski definition) is 3.